The molecule has 20 heavy (non-hydrogen) atoms. The van der Waals surface area contributed by atoms with Gasteiger partial charge in [-0.3, -0.25) is 0 Å². The third-order valence-electron chi connectivity index (χ3n) is 2.78. The van der Waals surface area contributed by atoms with E-state index in [4.69, 9.17) is 0 Å². The van der Waals surface area contributed by atoms with Crippen LogP contribution in [0.25, 0.3) is 0 Å². The monoisotopic (exact) mass is 297 g/mol. The fourth-order valence-electron chi connectivity index (χ4n) is 1.79. The number of hydrogen-bond acceptors (Lipinski definition) is 2. The fourth-order valence-corrected chi connectivity index (χ4v) is 3.07. The maximum atomic E-state index is 13.1. The van der Waals surface area contributed by atoms with Crippen molar-refractivity contribution in [1.29, 1.82) is 0 Å². The van der Waals surface area contributed by atoms with Crippen molar-refractivity contribution in [3.8, 4) is 0 Å². The minimum atomic E-state index is -3.98. The van der Waals surface area contributed by atoms with Crippen LogP contribution in [0.15, 0.2) is 53.4 Å². The topological polar surface area (TPSA) is 46.2 Å². The van der Waals surface area contributed by atoms with Crippen LogP contribution in [-0.2, 0) is 10.0 Å². The molecule has 106 valence electrons. The van der Waals surface area contributed by atoms with Crippen molar-refractivity contribution in [2.45, 2.75) is 17.9 Å². The maximum absolute atomic E-state index is 13.1. The Bertz CT molecular complexity index is 682. The minimum Gasteiger partial charge on any atom is -0.207 e. The van der Waals surface area contributed by atoms with Crippen molar-refractivity contribution < 1.29 is 17.2 Å². The molecular formula is C14H13F2NO2S. The van der Waals surface area contributed by atoms with E-state index in [2.05, 4.69) is 4.72 Å². The Morgan fingerprint density at radius 1 is 1.00 bits per heavy atom. The zero-order valence-electron chi connectivity index (χ0n) is 10.7. The lowest BCUT2D eigenvalue weighted by molar-refractivity contribution is 0.553. The van der Waals surface area contributed by atoms with E-state index in [-0.39, 0.29) is 0 Å². The van der Waals surface area contributed by atoms with Gasteiger partial charge in [-0.1, -0.05) is 30.3 Å². The van der Waals surface area contributed by atoms with E-state index in [0.717, 1.165) is 17.7 Å². The third kappa shape index (κ3) is 3.40. The standard InChI is InChI=1S/C14H13F2NO2S/c1-10(11-5-3-2-4-6-11)17-20(18,19)14-8-12(15)7-13(16)9-14/h2-10,17H,1H3. The van der Waals surface area contributed by atoms with Crippen LogP contribution in [0.1, 0.15) is 18.5 Å². The van der Waals surface area contributed by atoms with Gasteiger partial charge in [0.1, 0.15) is 11.6 Å². The predicted octanol–water partition coefficient (Wildman–Crippen LogP) is 3.00. The second kappa shape index (κ2) is 5.68. The van der Waals surface area contributed by atoms with Crippen LogP contribution in [0.5, 0.6) is 0 Å². The zero-order valence-corrected chi connectivity index (χ0v) is 11.5. The second-order valence-electron chi connectivity index (χ2n) is 4.36. The largest absolute Gasteiger partial charge is 0.241 e. The Morgan fingerprint density at radius 2 is 1.55 bits per heavy atom. The molecule has 0 spiro atoms. The van der Waals surface area contributed by atoms with Gasteiger partial charge in [0.15, 0.2) is 0 Å². The third-order valence-corrected chi connectivity index (χ3v) is 4.30. The predicted molar refractivity (Wildman–Crippen MR) is 71.5 cm³/mol. The van der Waals surface area contributed by atoms with Gasteiger partial charge in [0.2, 0.25) is 10.0 Å². The summed E-state index contributed by atoms with van der Waals surface area (Å²) in [5, 5.41) is 0. The number of halogens is 2. The number of benzene rings is 2. The smallest absolute Gasteiger partial charge is 0.207 e. The van der Waals surface area contributed by atoms with E-state index < -0.39 is 32.6 Å². The molecule has 0 fully saturated rings. The fraction of sp³-hybridized carbons (Fsp3) is 0.143. The number of sulfonamides is 1. The Labute approximate surface area is 116 Å². The maximum Gasteiger partial charge on any atom is 0.241 e. The highest BCUT2D eigenvalue weighted by Crippen LogP contribution is 2.18. The van der Waals surface area contributed by atoms with Crippen molar-refractivity contribution in [3.63, 3.8) is 0 Å². The lowest BCUT2D eigenvalue weighted by Crippen LogP contribution is -2.27. The second-order valence-corrected chi connectivity index (χ2v) is 6.07. The van der Waals surface area contributed by atoms with Gasteiger partial charge in [0.25, 0.3) is 0 Å². The van der Waals surface area contributed by atoms with Crippen LogP contribution < -0.4 is 4.72 Å². The van der Waals surface area contributed by atoms with Crippen LogP contribution in [-0.4, -0.2) is 8.42 Å². The minimum absolute atomic E-state index is 0.433. The summed E-state index contributed by atoms with van der Waals surface area (Å²) in [7, 11) is -3.98. The van der Waals surface area contributed by atoms with E-state index in [0.29, 0.717) is 6.07 Å². The molecule has 0 saturated heterocycles. The van der Waals surface area contributed by atoms with E-state index in [9.17, 15) is 17.2 Å². The van der Waals surface area contributed by atoms with Crippen LogP contribution in [0.2, 0.25) is 0 Å². The number of nitrogens with one attached hydrogen (secondary N) is 1. The van der Waals surface area contributed by atoms with E-state index in [1.165, 1.54) is 0 Å². The van der Waals surface area contributed by atoms with Crippen LogP contribution in [0.3, 0.4) is 0 Å². The van der Waals surface area contributed by atoms with Gasteiger partial charge in [-0.15, -0.1) is 0 Å². The first-order chi connectivity index (χ1) is 9.38. The number of hydrogen-bond donors (Lipinski definition) is 1. The highest BCUT2D eigenvalue weighted by Gasteiger charge is 2.19. The van der Waals surface area contributed by atoms with Gasteiger partial charge < -0.3 is 0 Å². The van der Waals surface area contributed by atoms with E-state index >= 15 is 0 Å². The highest BCUT2D eigenvalue weighted by atomic mass is 32.2. The molecule has 0 bridgehead atoms. The summed E-state index contributed by atoms with van der Waals surface area (Å²) in [6, 6.07) is 10.6. The van der Waals surface area contributed by atoms with Crippen molar-refractivity contribution >= 4 is 10.0 Å². The van der Waals surface area contributed by atoms with Gasteiger partial charge in [0, 0.05) is 12.1 Å². The molecule has 0 aliphatic rings. The van der Waals surface area contributed by atoms with Crippen LogP contribution in [0, 0.1) is 11.6 Å². The average Bonchev–Trinajstić information content (AvgIpc) is 2.38. The molecule has 1 N–H and O–H groups in total. The summed E-state index contributed by atoms with van der Waals surface area (Å²) < 4.78 is 52.7. The molecule has 0 heterocycles. The lowest BCUT2D eigenvalue weighted by Gasteiger charge is -2.14. The SMILES string of the molecule is CC(NS(=O)(=O)c1cc(F)cc(F)c1)c1ccccc1. The molecule has 6 heteroatoms. The highest BCUT2D eigenvalue weighted by molar-refractivity contribution is 7.89. The molecule has 0 aliphatic carbocycles. The Balaban J connectivity index is 2.27. The molecular weight excluding hydrogens is 284 g/mol. The molecule has 3 nitrogen and oxygen atoms in total. The molecule has 0 aromatic heterocycles. The van der Waals surface area contributed by atoms with E-state index in [1.807, 2.05) is 6.07 Å². The normalized spacial score (nSPS) is 13.2. The summed E-state index contributed by atoms with van der Waals surface area (Å²) in [6.07, 6.45) is 0. The van der Waals surface area contributed by atoms with E-state index in [1.54, 1.807) is 31.2 Å². The average molecular weight is 297 g/mol. The van der Waals surface area contributed by atoms with Crippen molar-refractivity contribution in [2.75, 3.05) is 0 Å². The van der Waals surface area contributed by atoms with Crippen molar-refractivity contribution in [1.82, 2.24) is 4.72 Å². The van der Waals surface area contributed by atoms with Gasteiger partial charge >= 0.3 is 0 Å². The summed E-state index contributed by atoms with van der Waals surface area (Å²) >= 11 is 0. The van der Waals surface area contributed by atoms with Gasteiger partial charge in [-0.05, 0) is 24.6 Å². The Morgan fingerprint density at radius 3 is 2.10 bits per heavy atom. The molecule has 1 unspecified atom stereocenters. The Kier molecular flexibility index (Phi) is 4.15. The quantitative estimate of drug-likeness (QED) is 0.943. The molecule has 0 radical (unpaired) electrons. The molecule has 2 rings (SSSR count). The first-order valence-corrected chi connectivity index (χ1v) is 7.40. The summed E-state index contributed by atoms with van der Waals surface area (Å²) in [5.41, 5.74) is 0.757. The number of rotatable bonds is 4. The summed E-state index contributed by atoms with van der Waals surface area (Å²) in [4.78, 5) is -0.433. The molecule has 2 aromatic carbocycles. The molecule has 2 aromatic rings. The lowest BCUT2D eigenvalue weighted by atomic mass is 10.1. The first-order valence-electron chi connectivity index (χ1n) is 5.92. The van der Waals surface area contributed by atoms with Crippen LogP contribution >= 0.6 is 0 Å². The molecule has 0 amide bonds. The van der Waals surface area contributed by atoms with Gasteiger partial charge in [-0.2, -0.15) is 0 Å². The first kappa shape index (κ1) is 14.6. The van der Waals surface area contributed by atoms with Gasteiger partial charge in [-0.25, -0.2) is 21.9 Å². The zero-order chi connectivity index (χ0) is 14.8. The molecule has 0 aliphatic heterocycles. The van der Waals surface area contributed by atoms with Crippen LogP contribution in [0.4, 0.5) is 8.78 Å². The molecule has 0 saturated carbocycles. The summed E-state index contributed by atoms with van der Waals surface area (Å²) in [5.74, 6) is -1.87. The molecule has 1 atom stereocenters. The van der Waals surface area contributed by atoms with Crippen molar-refractivity contribution in [3.05, 3.63) is 65.7 Å². The van der Waals surface area contributed by atoms with Gasteiger partial charge in [0.05, 0.1) is 4.90 Å². The Hall–Kier alpha value is -1.79. The summed E-state index contributed by atoms with van der Waals surface area (Å²) in [6.45, 7) is 1.66. The van der Waals surface area contributed by atoms with Crippen molar-refractivity contribution in [2.24, 2.45) is 0 Å².